The molecule has 1 N–H and O–H groups in total. The molecule has 1 saturated heterocycles. The molecule has 1 heterocycles. The molecule has 108 valence electrons. The smallest absolute Gasteiger partial charge is 0.410 e. The number of rotatable bonds is 2. The molecule has 2 amide bonds. The van der Waals surface area contributed by atoms with Crippen LogP contribution in [0.15, 0.2) is 18.2 Å². The second kappa shape index (κ2) is 5.90. The molecule has 1 unspecified atom stereocenters. The van der Waals surface area contributed by atoms with Crippen molar-refractivity contribution in [3.8, 4) is 0 Å². The molecule has 0 saturated carbocycles. The van der Waals surface area contributed by atoms with Crippen LogP contribution in [0.25, 0.3) is 0 Å². The third kappa shape index (κ3) is 2.89. The Morgan fingerprint density at radius 2 is 2.20 bits per heavy atom. The molecule has 2 rings (SSSR count). The lowest BCUT2D eigenvalue weighted by atomic mass is 10.1. The van der Waals surface area contributed by atoms with Gasteiger partial charge in [-0.1, -0.05) is 0 Å². The second-order valence-electron chi connectivity index (χ2n) is 4.77. The Morgan fingerprint density at radius 3 is 2.85 bits per heavy atom. The van der Waals surface area contributed by atoms with Crippen molar-refractivity contribution < 1.29 is 18.7 Å². The molecule has 0 radical (unpaired) electrons. The summed E-state index contributed by atoms with van der Waals surface area (Å²) in [4.78, 5) is 25.2. The first-order valence-corrected chi connectivity index (χ1v) is 6.44. The first-order chi connectivity index (χ1) is 9.52. The van der Waals surface area contributed by atoms with E-state index in [1.165, 1.54) is 30.2 Å². The Kier molecular flexibility index (Phi) is 4.22. The molecule has 0 bridgehead atoms. The average molecular weight is 280 g/mol. The molecule has 1 fully saturated rings. The molecule has 0 aliphatic carbocycles. The third-order valence-electron chi connectivity index (χ3n) is 3.41. The zero-order chi connectivity index (χ0) is 14.7. The van der Waals surface area contributed by atoms with E-state index < -0.39 is 12.1 Å². The first-order valence-electron chi connectivity index (χ1n) is 6.44. The molecule has 1 aromatic carbocycles. The van der Waals surface area contributed by atoms with Crippen LogP contribution in [0.3, 0.4) is 0 Å². The van der Waals surface area contributed by atoms with Gasteiger partial charge in [-0.2, -0.15) is 0 Å². The fraction of sp³-hybridized carbons (Fsp3) is 0.429. The van der Waals surface area contributed by atoms with Crippen LogP contribution in [-0.4, -0.2) is 36.6 Å². The normalized spacial score (nSPS) is 17.9. The van der Waals surface area contributed by atoms with E-state index in [1.807, 2.05) is 0 Å². The van der Waals surface area contributed by atoms with Crippen molar-refractivity contribution >= 4 is 17.7 Å². The highest BCUT2D eigenvalue weighted by molar-refractivity contribution is 5.97. The monoisotopic (exact) mass is 280 g/mol. The number of nitrogens with zero attached hydrogens (tertiary/aromatic N) is 1. The van der Waals surface area contributed by atoms with Crippen molar-refractivity contribution in [3.63, 3.8) is 0 Å². The molecule has 1 aliphatic heterocycles. The van der Waals surface area contributed by atoms with E-state index in [0.717, 1.165) is 6.42 Å². The Morgan fingerprint density at radius 1 is 1.45 bits per heavy atom. The number of hydrogen-bond donors (Lipinski definition) is 1. The Hall–Kier alpha value is -2.11. The van der Waals surface area contributed by atoms with Crippen LogP contribution in [0.1, 0.15) is 18.4 Å². The molecule has 1 aliphatic rings. The maximum absolute atomic E-state index is 13.0. The molecule has 5 nitrogen and oxygen atoms in total. The third-order valence-corrected chi connectivity index (χ3v) is 3.41. The number of amides is 2. The van der Waals surface area contributed by atoms with Crippen molar-refractivity contribution in [2.45, 2.75) is 25.8 Å². The van der Waals surface area contributed by atoms with Crippen LogP contribution in [0, 0.1) is 12.7 Å². The standard InChI is InChI=1S/C14H17FN2O3/c1-9-8-10(15)5-6-11(9)16-13(18)12-4-3-7-17(12)14(19)20-2/h5-6,8,12H,3-4,7H2,1-2H3,(H,16,18). The summed E-state index contributed by atoms with van der Waals surface area (Å²) in [5.74, 6) is -0.625. The zero-order valence-electron chi connectivity index (χ0n) is 11.5. The largest absolute Gasteiger partial charge is 0.453 e. The van der Waals surface area contributed by atoms with Gasteiger partial charge in [0.2, 0.25) is 5.91 Å². The van der Waals surface area contributed by atoms with Crippen LogP contribution in [0.5, 0.6) is 0 Å². The number of aryl methyl sites for hydroxylation is 1. The summed E-state index contributed by atoms with van der Waals surface area (Å²) < 4.78 is 17.7. The topological polar surface area (TPSA) is 58.6 Å². The highest BCUT2D eigenvalue weighted by atomic mass is 19.1. The summed E-state index contributed by atoms with van der Waals surface area (Å²) in [7, 11) is 1.29. The molecule has 1 atom stereocenters. The fourth-order valence-electron chi connectivity index (χ4n) is 2.36. The number of methoxy groups -OCH3 is 1. The lowest BCUT2D eigenvalue weighted by Gasteiger charge is -2.22. The minimum absolute atomic E-state index is 0.275. The van der Waals surface area contributed by atoms with Crippen LogP contribution >= 0.6 is 0 Å². The number of carbonyl (C=O) groups is 2. The summed E-state index contributed by atoms with van der Waals surface area (Å²) in [6.45, 7) is 2.22. The van der Waals surface area contributed by atoms with E-state index in [2.05, 4.69) is 10.1 Å². The van der Waals surface area contributed by atoms with E-state index in [9.17, 15) is 14.0 Å². The number of ether oxygens (including phenoxy) is 1. The Labute approximate surface area is 116 Å². The number of carbonyl (C=O) groups excluding carboxylic acids is 2. The van der Waals surface area contributed by atoms with E-state index in [1.54, 1.807) is 6.92 Å². The molecule has 0 aromatic heterocycles. The zero-order valence-corrected chi connectivity index (χ0v) is 11.5. The number of halogens is 1. The van der Waals surface area contributed by atoms with Crippen LogP contribution in [0.4, 0.5) is 14.9 Å². The maximum atomic E-state index is 13.0. The van der Waals surface area contributed by atoms with Gasteiger partial charge in [0.15, 0.2) is 0 Å². The summed E-state index contributed by atoms with van der Waals surface area (Å²) in [5.41, 5.74) is 1.19. The Balaban J connectivity index is 2.09. The van der Waals surface area contributed by atoms with Crippen molar-refractivity contribution in [1.82, 2.24) is 4.90 Å². The van der Waals surface area contributed by atoms with E-state index >= 15 is 0 Å². The predicted molar refractivity (Wildman–Crippen MR) is 71.9 cm³/mol. The summed E-state index contributed by atoms with van der Waals surface area (Å²) in [6.07, 6.45) is 0.856. The predicted octanol–water partition coefficient (Wildman–Crippen LogP) is 2.30. The number of likely N-dealkylation sites (tertiary alicyclic amines) is 1. The number of anilines is 1. The maximum Gasteiger partial charge on any atom is 0.410 e. The minimum Gasteiger partial charge on any atom is -0.453 e. The van der Waals surface area contributed by atoms with E-state index in [-0.39, 0.29) is 11.7 Å². The minimum atomic E-state index is -0.535. The van der Waals surface area contributed by atoms with Crippen molar-refractivity contribution in [2.75, 3.05) is 19.0 Å². The van der Waals surface area contributed by atoms with Crippen LogP contribution in [0.2, 0.25) is 0 Å². The molecule has 1 aromatic rings. The van der Waals surface area contributed by atoms with Crippen molar-refractivity contribution in [3.05, 3.63) is 29.6 Å². The summed E-state index contributed by atoms with van der Waals surface area (Å²) in [6, 6.07) is 3.62. The number of nitrogens with one attached hydrogen (secondary N) is 1. The van der Waals surface area contributed by atoms with Crippen LogP contribution in [-0.2, 0) is 9.53 Å². The lowest BCUT2D eigenvalue weighted by Crippen LogP contribution is -2.43. The van der Waals surface area contributed by atoms with Crippen molar-refractivity contribution in [1.29, 1.82) is 0 Å². The Bertz CT molecular complexity index is 533. The van der Waals surface area contributed by atoms with Gasteiger partial charge in [-0.15, -0.1) is 0 Å². The molecular weight excluding hydrogens is 263 g/mol. The van der Waals surface area contributed by atoms with Crippen LogP contribution < -0.4 is 5.32 Å². The molecule has 6 heteroatoms. The van der Waals surface area contributed by atoms with Gasteiger partial charge in [0, 0.05) is 12.2 Å². The van der Waals surface area contributed by atoms with Gasteiger partial charge in [-0.05, 0) is 43.5 Å². The van der Waals surface area contributed by atoms with Gasteiger partial charge in [-0.25, -0.2) is 9.18 Å². The highest BCUT2D eigenvalue weighted by Crippen LogP contribution is 2.21. The van der Waals surface area contributed by atoms with Gasteiger partial charge < -0.3 is 10.1 Å². The van der Waals surface area contributed by atoms with E-state index in [0.29, 0.717) is 24.2 Å². The number of benzene rings is 1. The summed E-state index contributed by atoms with van der Waals surface area (Å²) in [5, 5.41) is 2.73. The van der Waals surface area contributed by atoms with Gasteiger partial charge >= 0.3 is 6.09 Å². The quantitative estimate of drug-likeness (QED) is 0.904. The van der Waals surface area contributed by atoms with E-state index in [4.69, 9.17) is 0 Å². The molecular formula is C14H17FN2O3. The number of hydrogen-bond acceptors (Lipinski definition) is 3. The SMILES string of the molecule is COC(=O)N1CCCC1C(=O)Nc1ccc(F)cc1C. The average Bonchev–Trinajstić information content (AvgIpc) is 2.90. The molecule has 20 heavy (non-hydrogen) atoms. The van der Waals surface area contributed by atoms with Gasteiger partial charge in [0.25, 0.3) is 0 Å². The van der Waals surface area contributed by atoms with Gasteiger partial charge in [-0.3, -0.25) is 9.69 Å². The lowest BCUT2D eigenvalue weighted by molar-refractivity contribution is -0.119. The first kappa shape index (κ1) is 14.3. The van der Waals surface area contributed by atoms with Gasteiger partial charge in [0.05, 0.1) is 7.11 Å². The summed E-state index contributed by atoms with van der Waals surface area (Å²) >= 11 is 0. The fourth-order valence-corrected chi connectivity index (χ4v) is 2.36. The van der Waals surface area contributed by atoms with Crippen molar-refractivity contribution in [2.24, 2.45) is 0 Å². The van der Waals surface area contributed by atoms with Gasteiger partial charge in [0.1, 0.15) is 11.9 Å². The highest BCUT2D eigenvalue weighted by Gasteiger charge is 2.34. The molecule has 0 spiro atoms. The second-order valence-corrected chi connectivity index (χ2v) is 4.77.